The SMILES string of the molecule is c1ccc(N(c2cc3ccc4cccc5ccc(c2)c3c45)c2cc3ccc4cccc5ccc(c2)c3c45)cc1. The van der Waals surface area contributed by atoms with Crippen LogP contribution in [0, 0.1) is 0 Å². The van der Waals surface area contributed by atoms with E-state index in [9.17, 15) is 0 Å². The maximum Gasteiger partial charge on any atom is 0.0473 e. The van der Waals surface area contributed by atoms with Crippen LogP contribution in [0.15, 0.2) is 140 Å². The van der Waals surface area contributed by atoms with E-state index >= 15 is 0 Å². The van der Waals surface area contributed by atoms with E-state index < -0.39 is 0 Å². The highest BCUT2D eigenvalue weighted by molar-refractivity contribution is 6.25. The van der Waals surface area contributed by atoms with Crippen molar-refractivity contribution in [1.29, 1.82) is 0 Å². The van der Waals surface area contributed by atoms with E-state index in [4.69, 9.17) is 0 Å². The van der Waals surface area contributed by atoms with Gasteiger partial charge in [0.15, 0.2) is 0 Å². The van der Waals surface area contributed by atoms with E-state index in [2.05, 4.69) is 144 Å². The summed E-state index contributed by atoms with van der Waals surface area (Å²) in [6.07, 6.45) is 0. The van der Waals surface area contributed by atoms with Gasteiger partial charge in [0.1, 0.15) is 0 Å². The molecule has 0 spiro atoms. The van der Waals surface area contributed by atoms with E-state index in [0.29, 0.717) is 0 Å². The van der Waals surface area contributed by atoms with Crippen LogP contribution in [-0.4, -0.2) is 0 Å². The van der Waals surface area contributed by atoms with E-state index in [0.717, 1.165) is 5.69 Å². The second kappa shape index (κ2) is 7.69. The van der Waals surface area contributed by atoms with Gasteiger partial charge in [-0.1, -0.05) is 103 Å². The largest absolute Gasteiger partial charge is 0.310 e. The Hall–Kier alpha value is -5.14. The van der Waals surface area contributed by atoms with Crippen molar-refractivity contribution in [1.82, 2.24) is 0 Å². The Balaban J connectivity index is 1.34. The summed E-state index contributed by atoms with van der Waals surface area (Å²) in [6, 6.07) is 51.4. The van der Waals surface area contributed by atoms with Crippen LogP contribution >= 0.6 is 0 Å². The van der Waals surface area contributed by atoms with Crippen molar-refractivity contribution in [3.05, 3.63) is 140 Å². The highest BCUT2D eigenvalue weighted by Crippen LogP contribution is 2.44. The fourth-order valence-electron chi connectivity index (χ4n) is 6.76. The molecule has 1 heteroatoms. The fourth-order valence-corrected chi connectivity index (χ4v) is 6.76. The third-order valence-corrected chi connectivity index (χ3v) is 8.43. The van der Waals surface area contributed by atoms with Crippen molar-refractivity contribution < 1.29 is 0 Å². The summed E-state index contributed by atoms with van der Waals surface area (Å²) in [7, 11) is 0. The van der Waals surface area contributed by atoms with Crippen LogP contribution in [0.4, 0.5) is 17.1 Å². The smallest absolute Gasteiger partial charge is 0.0473 e. The molecule has 9 aromatic carbocycles. The zero-order valence-electron chi connectivity index (χ0n) is 21.2. The molecule has 0 bridgehead atoms. The molecule has 0 aliphatic heterocycles. The molecule has 0 aliphatic rings. The zero-order valence-corrected chi connectivity index (χ0v) is 21.2. The Morgan fingerprint density at radius 3 is 0.974 bits per heavy atom. The summed E-state index contributed by atoms with van der Waals surface area (Å²) in [5.41, 5.74) is 3.48. The maximum atomic E-state index is 2.41. The topological polar surface area (TPSA) is 3.24 Å². The highest BCUT2D eigenvalue weighted by atomic mass is 15.1. The molecule has 0 unspecified atom stereocenters. The lowest BCUT2D eigenvalue weighted by atomic mass is 9.93. The standard InChI is InChI=1S/C38H23N/c1-2-10-32(11-3-1)39(33-20-28-16-12-24-6-4-7-25-13-17-29(21-33)37(28)35(24)25)34-22-30-18-14-26-8-5-9-27-15-19-31(23-34)38(30)36(26)27/h1-23H. The van der Waals surface area contributed by atoms with Gasteiger partial charge in [-0.2, -0.15) is 0 Å². The Morgan fingerprint density at radius 1 is 0.256 bits per heavy atom. The van der Waals surface area contributed by atoms with Crippen LogP contribution in [-0.2, 0) is 0 Å². The van der Waals surface area contributed by atoms with Gasteiger partial charge >= 0.3 is 0 Å². The van der Waals surface area contributed by atoms with Gasteiger partial charge in [0.2, 0.25) is 0 Å². The van der Waals surface area contributed by atoms with Crippen molar-refractivity contribution in [3.8, 4) is 0 Å². The van der Waals surface area contributed by atoms with Crippen molar-refractivity contribution in [2.24, 2.45) is 0 Å². The Morgan fingerprint density at radius 2 is 0.590 bits per heavy atom. The maximum absolute atomic E-state index is 2.41. The molecule has 180 valence electrons. The highest BCUT2D eigenvalue weighted by Gasteiger charge is 2.18. The molecule has 1 nitrogen and oxygen atoms in total. The third-order valence-electron chi connectivity index (χ3n) is 8.43. The van der Waals surface area contributed by atoms with Crippen molar-refractivity contribution in [2.75, 3.05) is 4.90 Å². The lowest BCUT2D eigenvalue weighted by Gasteiger charge is -2.27. The molecule has 0 atom stereocenters. The summed E-state index contributed by atoms with van der Waals surface area (Å²) >= 11 is 0. The van der Waals surface area contributed by atoms with Gasteiger partial charge in [-0.3, -0.25) is 0 Å². The van der Waals surface area contributed by atoms with Gasteiger partial charge in [0.05, 0.1) is 0 Å². The van der Waals surface area contributed by atoms with Crippen LogP contribution in [0.1, 0.15) is 0 Å². The molecule has 0 amide bonds. The predicted molar refractivity (Wildman–Crippen MR) is 169 cm³/mol. The molecule has 0 radical (unpaired) electrons. The number of nitrogens with zero attached hydrogens (tertiary/aromatic N) is 1. The van der Waals surface area contributed by atoms with E-state index in [1.807, 2.05) is 0 Å². The molecule has 0 aliphatic carbocycles. The molecule has 39 heavy (non-hydrogen) atoms. The minimum Gasteiger partial charge on any atom is -0.310 e. The number of anilines is 3. The van der Waals surface area contributed by atoms with Crippen molar-refractivity contribution in [2.45, 2.75) is 0 Å². The van der Waals surface area contributed by atoms with Crippen molar-refractivity contribution >= 4 is 81.7 Å². The van der Waals surface area contributed by atoms with Gasteiger partial charge < -0.3 is 4.90 Å². The monoisotopic (exact) mass is 493 g/mol. The summed E-state index contributed by atoms with van der Waals surface area (Å²) in [6.45, 7) is 0. The molecule has 0 saturated heterocycles. The van der Waals surface area contributed by atoms with E-state index in [1.165, 1.54) is 76.0 Å². The Bertz CT molecular complexity index is 2060. The van der Waals surface area contributed by atoms with Gasteiger partial charge in [0.25, 0.3) is 0 Å². The fraction of sp³-hybridized carbons (Fsp3) is 0. The van der Waals surface area contributed by atoms with Gasteiger partial charge in [0, 0.05) is 17.1 Å². The van der Waals surface area contributed by atoms with Gasteiger partial charge in [-0.15, -0.1) is 0 Å². The number of hydrogen-bond acceptors (Lipinski definition) is 1. The molecular formula is C38H23N. The quantitative estimate of drug-likeness (QED) is 0.221. The zero-order chi connectivity index (χ0) is 25.5. The third kappa shape index (κ3) is 2.96. The molecular weight excluding hydrogens is 470 g/mol. The Kier molecular flexibility index (Phi) is 4.11. The summed E-state index contributed by atoms with van der Waals surface area (Å²) in [5, 5.41) is 15.7. The molecule has 0 N–H and O–H groups in total. The van der Waals surface area contributed by atoms with Gasteiger partial charge in [-0.25, -0.2) is 0 Å². The average molecular weight is 494 g/mol. The van der Waals surface area contributed by atoms with Crippen LogP contribution in [0.2, 0.25) is 0 Å². The molecule has 0 saturated carbocycles. The molecule has 9 aromatic rings. The normalized spacial score (nSPS) is 12.1. The summed E-state index contributed by atoms with van der Waals surface area (Å²) in [4.78, 5) is 2.41. The molecule has 9 rings (SSSR count). The number of rotatable bonds is 3. The summed E-state index contributed by atoms with van der Waals surface area (Å²) in [5.74, 6) is 0. The second-order valence-corrected chi connectivity index (χ2v) is 10.6. The minimum absolute atomic E-state index is 1.15. The lowest BCUT2D eigenvalue weighted by molar-refractivity contribution is 1.30. The predicted octanol–water partition coefficient (Wildman–Crippen LogP) is 11.0. The van der Waals surface area contributed by atoms with Crippen LogP contribution in [0.25, 0.3) is 64.6 Å². The summed E-state index contributed by atoms with van der Waals surface area (Å²) < 4.78 is 0. The lowest BCUT2D eigenvalue weighted by Crippen LogP contribution is -2.10. The van der Waals surface area contributed by atoms with Crippen LogP contribution < -0.4 is 4.90 Å². The Labute approximate surface area is 225 Å². The first-order valence-electron chi connectivity index (χ1n) is 13.5. The minimum atomic E-state index is 1.15. The van der Waals surface area contributed by atoms with E-state index in [-0.39, 0.29) is 0 Å². The molecule has 0 aromatic heterocycles. The number of para-hydroxylation sites is 1. The first-order chi connectivity index (χ1) is 19.3. The van der Waals surface area contributed by atoms with Crippen LogP contribution in [0.3, 0.4) is 0 Å². The first kappa shape index (κ1) is 20.9. The van der Waals surface area contributed by atoms with Crippen molar-refractivity contribution in [3.63, 3.8) is 0 Å². The average Bonchev–Trinajstić information content (AvgIpc) is 2.99. The molecule has 0 fully saturated rings. The van der Waals surface area contributed by atoms with Crippen LogP contribution in [0.5, 0.6) is 0 Å². The molecule has 0 heterocycles. The second-order valence-electron chi connectivity index (χ2n) is 10.6. The first-order valence-corrected chi connectivity index (χ1v) is 13.5. The number of benzene rings is 9. The van der Waals surface area contributed by atoms with Gasteiger partial charge in [-0.05, 0) is 101 Å². The van der Waals surface area contributed by atoms with E-state index in [1.54, 1.807) is 0 Å². The number of hydrogen-bond donors (Lipinski definition) is 0.